The van der Waals surface area contributed by atoms with E-state index in [0.29, 0.717) is 0 Å². The number of hydrogen-bond acceptors (Lipinski definition) is 24. The van der Waals surface area contributed by atoms with Crippen molar-refractivity contribution in [2.45, 2.75) is 92.1 Å². The first kappa shape index (κ1) is 71.4. The van der Waals surface area contributed by atoms with Crippen LogP contribution in [0.15, 0.2) is 273 Å². The van der Waals surface area contributed by atoms with Crippen molar-refractivity contribution < 1.29 is 114 Å². The quantitative estimate of drug-likeness (QED) is 0.0570. The molecule has 4 heterocycles. The average Bonchev–Trinajstić information content (AvgIpc) is 1.44. The minimum atomic E-state index is -2.03. The fourth-order valence-electron chi connectivity index (χ4n) is 12.1. The van der Waals surface area contributed by atoms with E-state index in [-0.39, 0.29) is 50.1 Å². The Morgan fingerprint density at radius 3 is 0.476 bits per heavy atom. The zero-order chi connectivity index (χ0) is 72.6. The standard InChI is InChI=1S/C81H66O24/c82-70(49-28-10-1-11-29-49)97-61-58-46-91-80-68(104-77(89)56-42-24-8-25-43-56)65(101-74(86)53-36-18-5-19-37-53)63(99-72(84)51-32-14-3-15-33-51)60(95-80)48-93-81-69(105-78(90)57-44-26-9-27-45-57)66(102-75(87)54-38-20-6-21-39-54)62(98-71(83)50-30-12-2-13-31-50)59(96-81)47-92-79(94-58)67(103-76(88)55-40-22-7-23-41-55)64(61)100-73(85)52-34-16-4-17-35-52/h1-45,58-69,79-81H,46-48H2/t58-,59-,60-,61+,62+,63+,64+,65+,66+,67-,68-,69-,79-,80-,81-/m1/s1. The Labute approximate surface area is 600 Å². The summed E-state index contributed by atoms with van der Waals surface area (Å²) in [5.41, 5.74) is -0.193. The summed E-state index contributed by atoms with van der Waals surface area (Å²) in [5, 5.41) is 0. The van der Waals surface area contributed by atoms with Crippen LogP contribution in [0.3, 0.4) is 0 Å². The number of hydrogen-bond donors (Lipinski definition) is 0. The van der Waals surface area contributed by atoms with Gasteiger partial charge >= 0.3 is 53.7 Å². The van der Waals surface area contributed by atoms with Gasteiger partial charge in [-0.05, 0) is 109 Å². The van der Waals surface area contributed by atoms with Crippen molar-refractivity contribution in [1.82, 2.24) is 0 Å². The van der Waals surface area contributed by atoms with E-state index in [2.05, 4.69) is 0 Å². The van der Waals surface area contributed by atoms with E-state index in [1.807, 2.05) is 0 Å². The van der Waals surface area contributed by atoms with E-state index in [9.17, 15) is 43.2 Å². The Kier molecular flexibility index (Phi) is 23.0. The van der Waals surface area contributed by atoms with Crippen molar-refractivity contribution in [1.29, 1.82) is 0 Å². The number of fused-ring (bicyclic) bond motifs is 6. The third-order valence-electron chi connectivity index (χ3n) is 17.3. The van der Waals surface area contributed by atoms with Crippen LogP contribution in [0.2, 0.25) is 0 Å². The Morgan fingerprint density at radius 1 is 0.190 bits per heavy atom. The molecule has 9 aromatic rings. The zero-order valence-electron chi connectivity index (χ0n) is 55.6. The van der Waals surface area contributed by atoms with Gasteiger partial charge in [-0.1, -0.05) is 164 Å². The van der Waals surface area contributed by atoms with Gasteiger partial charge in [0.2, 0.25) is 0 Å². The molecule has 105 heavy (non-hydrogen) atoms. The van der Waals surface area contributed by atoms with Gasteiger partial charge in [0.25, 0.3) is 0 Å². The van der Waals surface area contributed by atoms with E-state index < -0.39 is 166 Å². The maximum atomic E-state index is 14.9. The predicted octanol–water partition coefficient (Wildman–Crippen LogP) is 10.3. The molecule has 24 nitrogen and oxygen atoms in total. The second-order valence-electron chi connectivity index (χ2n) is 24.3. The number of ether oxygens (including phenoxy) is 15. The second kappa shape index (κ2) is 33.8. The summed E-state index contributed by atoms with van der Waals surface area (Å²) in [6.07, 6.45) is -29.1. The topological polar surface area (TPSA) is 292 Å². The summed E-state index contributed by atoms with van der Waals surface area (Å²) in [6, 6.07) is 68.9. The van der Waals surface area contributed by atoms with Crippen LogP contribution in [0.1, 0.15) is 93.2 Å². The Balaban J connectivity index is 1.01. The molecule has 6 bridgehead atoms. The van der Waals surface area contributed by atoms with Gasteiger partial charge in [0, 0.05) is 0 Å². The summed E-state index contributed by atoms with van der Waals surface area (Å²) in [6.45, 7) is -2.61. The van der Waals surface area contributed by atoms with E-state index in [0.717, 1.165) is 0 Å². The highest BCUT2D eigenvalue weighted by Crippen LogP contribution is 2.39. The molecule has 4 aliphatic heterocycles. The SMILES string of the molecule is O=C(O[C@H]1[C@@H](OC(=O)c2ccccc2)[C@H]2CO[C@@H]3O[C@H](CO[C@@H]4O[C@H](CO[C@H](O2)[C@@H]1OC(=O)c1ccccc1)[C@H](OC(=O)c1ccccc1)[C@H](OC(=O)c1ccccc1)[C@H]4OC(=O)c1ccccc1)[C@H](OC(=O)c1ccccc1)[C@H](OC(=O)c1ccccc1)[C@H]3OC(=O)c1ccccc1)c1ccccc1. The predicted molar refractivity (Wildman–Crippen MR) is 365 cm³/mol. The molecule has 9 aromatic carbocycles. The van der Waals surface area contributed by atoms with Crippen molar-refractivity contribution in [3.05, 3.63) is 323 Å². The summed E-state index contributed by atoms with van der Waals surface area (Å²) >= 11 is 0. The summed E-state index contributed by atoms with van der Waals surface area (Å²) in [7, 11) is 0. The van der Waals surface area contributed by atoms with Gasteiger partial charge < -0.3 is 71.1 Å². The molecule has 0 N–H and O–H groups in total. The summed E-state index contributed by atoms with van der Waals surface area (Å²) < 4.78 is 98.9. The van der Waals surface area contributed by atoms with Crippen molar-refractivity contribution in [3.8, 4) is 0 Å². The third-order valence-corrected chi connectivity index (χ3v) is 17.3. The third kappa shape index (κ3) is 17.4. The number of benzene rings is 9. The average molecular weight is 1420 g/mol. The van der Waals surface area contributed by atoms with Crippen molar-refractivity contribution >= 4 is 53.7 Å². The molecule has 4 fully saturated rings. The molecule has 0 aliphatic carbocycles. The van der Waals surface area contributed by atoms with E-state index >= 15 is 0 Å². The lowest BCUT2D eigenvalue weighted by Crippen LogP contribution is -2.65. The monoisotopic (exact) mass is 1420 g/mol. The van der Waals surface area contributed by atoms with Gasteiger partial charge in [-0.2, -0.15) is 0 Å². The molecule has 13 rings (SSSR count). The van der Waals surface area contributed by atoms with Crippen LogP contribution >= 0.6 is 0 Å². The lowest BCUT2D eigenvalue weighted by Gasteiger charge is -2.46. The molecule has 15 atom stereocenters. The van der Waals surface area contributed by atoms with Crippen LogP contribution in [0.5, 0.6) is 0 Å². The zero-order valence-corrected chi connectivity index (χ0v) is 55.6. The second-order valence-corrected chi connectivity index (χ2v) is 24.3. The molecule has 0 aromatic heterocycles. The highest BCUT2D eigenvalue weighted by atomic mass is 16.8. The smallest absolute Gasteiger partial charge is 0.338 e. The maximum absolute atomic E-state index is 14.9. The van der Waals surface area contributed by atoms with Gasteiger partial charge in [0.05, 0.1) is 69.9 Å². The van der Waals surface area contributed by atoms with E-state index in [1.165, 1.54) is 109 Å². The Morgan fingerprint density at radius 2 is 0.324 bits per heavy atom. The first-order valence-electron chi connectivity index (χ1n) is 33.5. The van der Waals surface area contributed by atoms with Crippen LogP contribution in [0, 0.1) is 0 Å². The van der Waals surface area contributed by atoms with Crippen molar-refractivity contribution in [3.63, 3.8) is 0 Å². The molecule has 0 spiro atoms. The Hall–Kier alpha value is -12.0. The molecule has 0 saturated carbocycles. The highest BCUT2D eigenvalue weighted by Gasteiger charge is 2.60. The van der Waals surface area contributed by atoms with Crippen LogP contribution in [0.4, 0.5) is 0 Å². The first-order valence-corrected chi connectivity index (χ1v) is 33.5. The molecular formula is C81H66O24. The minimum absolute atomic E-state index is 0.0132. The minimum Gasteiger partial charge on any atom is -0.452 e. The van der Waals surface area contributed by atoms with Gasteiger partial charge in [-0.15, -0.1) is 0 Å². The van der Waals surface area contributed by atoms with Gasteiger partial charge in [0.1, 0.15) is 18.3 Å². The highest BCUT2D eigenvalue weighted by molar-refractivity contribution is 5.94. The van der Waals surface area contributed by atoms with Gasteiger partial charge in [0.15, 0.2) is 73.8 Å². The number of rotatable bonds is 18. The van der Waals surface area contributed by atoms with E-state index in [4.69, 9.17) is 71.1 Å². The molecule has 534 valence electrons. The summed E-state index contributed by atoms with van der Waals surface area (Å²) in [5.74, 6) is -9.30. The molecule has 0 radical (unpaired) electrons. The Bertz CT molecular complexity index is 3800. The van der Waals surface area contributed by atoms with Crippen LogP contribution < -0.4 is 0 Å². The molecule has 4 saturated heterocycles. The van der Waals surface area contributed by atoms with Crippen LogP contribution in [-0.2, 0) is 71.1 Å². The molecule has 24 heteroatoms. The van der Waals surface area contributed by atoms with Gasteiger partial charge in [-0.3, -0.25) is 0 Å². The largest absolute Gasteiger partial charge is 0.452 e. The molecular weight excluding hydrogens is 1360 g/mol. The first-order chi connectivity index (χ1) is 51.3. The fourth-order valence-corrected chi connectivity index (χ4v) is 12.1. The number of carbonyl (C=O) groups is 9. The van der Waals surface area contributed by atoms with Crippen molar-refractivity contribution in [2.24, 2.45) is 0 Å². The lowest BCUT2D eigenvalue weighted by molar-refractivity contribution is -0.328. The maximum Gasteiger partial charge on any atom is 0.338 e. The van der Waals surface area contributed by atoms with Crippen LogP contribution in [-0.4, -0.2) is 166 Å². The van der Waals surface area contributed by atoms with Gasteiger partial charge in [-0.25, -0.2) is 43.2 Å². The normalized spacial score (nSPS) is 24.9. The summed E-state index contributed by atoms with van der Waals surface area (Å²) in [4.78, 5) is 133. The van der Waals surface area contributed by atoms with Crippen LogP contribution in [0.25, 0.3) is 0 Å². The molecule has 0 unspecified atom stereocenters. The van der Waals surface area contributed by atoms with E-state index in [1.54, 1.807) is 164 Å². The molecule has 0 amide bonds. The number of carbonyl (C=O) groups excluding carboxylic acids is 9. The van der Waals surface area contributed by atoms with Crippen molar-refractivity contribution in [2.75, 3.05) is 19.8 Å². The fraction of sp³-hybridized carbons (Fsp3) is 0.222. The number of esters is 9. The molecule has 4 aliphatic rings. The lowest BCUT2D eigenvalue weighted by atomic mass is 9.96.